The van der Waals surface area contributed by atoms with Gasteiger partial charge in [-0.3, -0.25) is 4.79 Å². The van der Waals surface area contributed by atoms with Crippen molar-refractivity contribution in [3.8, 4) is 0 Å². The van der Waals surface area contributed by atoms with Gasteiger partial charge in [-0.1, -0.05) is 42.5 Å². The lowest BCUT2D eigenvalue weighted by atomic mass is 10.1. The average molecular weight is 344 g/mol. The molecule has 1 N–H and O–H groups in total. The Morgan fingerprint density at radius 3 is 2.23 bits per heavy atom. The van der Waals surface area contributed by atoms with Crippen molar-refractivity contribution in [2.45, 2.75) is 13.8 Å². The molecule has 0 atom stereocenters. The highest BCUT2D eigenvalue weighted by Crippen LogP contribution is 2.19. The molecular formula is C23H24N2O. The molecule has 0 aromatic heterocycles. The average Bonchev–Trinajstić information content (AvgIpc) is 2.65. The van der Waals surface area contributed by atoms with Crippen molar-refractivity contribution >= 4 is 17.3 Å². The Morgan fingerprint density at radius 2 is 1.54 bits per heavy atom. The molecule has 0 unspecified atom stereocenters. The molecule has 3 aromatic carbocycles. The number of hydrogen-bond donors (Lipinski definition) is 1. The second-order valence-electron chi connectivity index (χ2n) is 6.46. The molecule has 3 aromatic rings. The van der Waals surface area contributed by atoms with Crippen LogP contribution in [0, 0.1) is 13.8 Å². The van der Waals surface area contributed by atoms with Crippen molar-refractivity contribution in [2.24, 2.45) is 0 Å². The van der Waals surface area contributed by atoms with Crippen molar-refractivity contribution < 1.29 is 4.79 Å². The summed E-state index contributed by atoms with van der Waals surface area (Å²) in [5.41, 5.74) is 5.04. The number of carbonyl (C=O) groups is 1. The van der Waals surface area contributed by atoms with E-state index in [1.54, 1.807) is 0 Å². The second-order valence-corrected chi connectivity index (χ2v) is 6.46. The van der Waals surface area contributed by atoms with Gasteiger partial charge in [0.25, 0.3) is 5.91 Å². The van der Waals surface area contributed by atoms with E-state index in [4.69, 9.17) is 0 Å². The zero-order valence-corrected chi connectivity index (χ0v) is 15.3. The molecule has 0 aliphatic heterocycles. The Labute approximate surface area is 155 Å². The van der Waals surface area contributed by atoms with Gasteiger partial charge in [0.05, 0.1) is 0 Å². The largest absolute Gasteiger partial charge is 0.383 e. The van der Waals surface area contributed by atoms with E-state index in [0.717, 1.165) is 16.9 Å². The van der Waals surface area contributed by atoms with Crippen LogP contribution in [0.2, 0.25) is 0 Å². The predicted molar refractivity (Wildman–Crippen MR) is 109 cm³/mol. The summed E-state index contributed by atoms with van der Waals surface area (Å²) in [6.07, 6.45) is 0. The second kappa shape index (κ2) is 8.34. The number of amides is 1. The first-order chi connectivity index (χ1) is 12.6. The number of carbonyl (C=O) groups excluding carboxylic acids is 1. The smallest absolute Gasteiger partial charge is 0.258 e. The molecule has 0 bridgehead atoms. The van der Waals surface area contributed by atoms with E-state index in [-0.39, 0.29) is 5.91 Å². The minimum atomic E-state index is 0.0160. The van der Waals surface area contributed by atoms with Crippen LogP contribution in [0.1, 0.15) is 21.5 Å². The van der Waals surface area contributed by atoms with Gasteiger partial charge in [-0.25, -0.2) is 0 Å². The first-order valence-corrected chi connectivity index (χ1v) is 8.87. The number of nitrogens with zero attached hydrogens (tertiary/aromatic N) is 1. The number of nitrogens with one attached hydrogen (secondary N) is 1. The first-order valence-electron chi connectivity index (χ1n) is 8.87. The van der Waals surface area contributed by atoms with E-state index in [2.05, 4.69) is 24.4 Å². The Bertz CT molecular complexity index is 874. The predicted octanol–water partition coefficient (Wildman–Crippen LogP) is 5.06. The highest BCUT2D eigenvalue weighted by molar-refractivity contribution is 6.06. The van der Waals surface area contributed by atoms with Gasteiger partial charge in [0, 0.05) is 30.0 Å². The lowest BCUT2D eigenvalue weighted by molar-refractivity contribution is 0.0988. The molecule has 0 heterocycles. The summed E-state index contributed by atoms with van der Waals surface area (Å²) in [4.78, 5) is 14.9. The van der Waals surface area contributed by atoms with E-state index in [1.807, 2.05) is 78.6 Å². The minimum Gasteiger partial charge on any atom is -0.383 e. The molecule has 132 valence electrons. The molecular weight excluding hydrogens is 320 g/mol. The van der Waals surface area contributed by atoms with Crippen LogP contribution in [0.4, 0.5) is 11.4 Å². The highest BCUT2D eigenvalue weighted by Gasteiger charge is 2.17. The molecule has 1 amide bonds. The number of rotatable bonds is 6. The lowest BCUT2D eigenvalue weighted by Crippen LogP contribution is -2.35. The Balaban J connectivity index is 1.78. The summed E-state index contributed by atoms with van der Waals surface area (Å²) < 4.78 is 0. The van der Waals surface area contributed by atoms with Crippen LogP contribution in [-0.4, -0.2) is 19.0 Å². The summed E-state index contributed by atoms with van der Waals surface area (Å²) in [6, 6.07) is 25.8. The molecule has 0 aliphatic carbocycles. The molecule has 26 heavy (non-hydrogen) atoms. The monoisotopic (exact) mass is 344 g/mol. The van der Waals surface area contributed by atoms with E-state index in [1.165, 1.54) is 5.56 Å². The fraction of sp³-hybridized carbons (Fsp3) is 0.174. The van der Waals surface area contributed by atoms with Crippen molar-refractivity contribution in [3.63, 3.8) is 0 Å². The van der Waals surface area contributed by atoms with Crippen molar-refractivity contribution in [3.05, 3.63) is 95.6 Å². The zero-order valence-electron chi connectivity index (χ0n) is 15.3. The van der Waals surface area contributed by atoms with Crippen LogP contribution in [0.3, 0.4) is 0 Å². The maximum absolute atomic E-state index is 13.1. The fourth-order valence-corrected chi connectivity index (χ4v) is 2.95. The summed E-state index contributed by atoms with van der Waals surface area (Å²) in [6.45, 7) is 5.38. The molecule has 0 aliphatic rings. The van der Waals surface area contributed by atoms with Gasteiger partial charge in [-0.15, -0.1) is 0 Å². The van der Waals surface area contributed by atoms with Gasteiger partial charge in [-0.2, -0.15) is 0 Å². The van der Waals surface area contributed by atoms with Gasteiger partial charge in [0.2, 0.25) is 0 Å². The SMILES string of the molecule is Cc1cccc(NCCN(C(=O)c2ccccc2)c2cccc(C)c2)c1. The van der Waals surface area contributed by atoms with E-state index in [9.17, 15) is 4.79 Å². The molecule has 0 radical (unpaired) electrons. The van der Waals surface area contributed by atoms with Crippen LogP contribution in [0.15, 0.2) is 78.9 Å². The van der Waals surface area contributed by atoms with E-state index >= 15 is 0 Å². The Morgan fingerprint density at radius 1 is 0.846 bits per heavy atom. The lowest BCUT2D eigenvalue weighted by Gasteiger charge is -2.24. The minimum absolute atomic E-state index is 0.0160. The maximum atomic E-state index is 13.1. The number of benzene rings is 3. The zero-order chi connectivity index (χ0) is 18.4. The van der Waals surface area contributed by atoms with Crippen molar-refractivity contribution in [1.82, 2.24) is 0 Å². The summed E-state index contributed by atoms with van der Waals surface area (Å²) in [7, 11) is 0. The summed E-state index contributed by atoms with van der Waals surface area (Å²) in [5.74, 6) is 0.0160. The van der Waals surface area contributed by atoms with Crippen LogP contribution in [0.25, 0.3) is 0 Å². The fourth-order valence-electron chi connectivity index (χ4n) is 2.95. The third-order valence-electron chi connectivity index (χ3n) is 4.26. The standard InChI is InChI=1S/C23H24N2O/c1-18-8-6-12-21(16-18)24-14-15-25(22-13-7-9-19(2)17-22)23(26)20-10-4-3-5-11-20/h3-13,16-17,24H,14-15H2,1-2H3. The van der Waals surface area contributed by atoms with Crippen LogP contribution >= 0.6 is 0 Å². The molecule has 0 spiro atoms. The quantitative estimate of drug-likeness (QED) is 0.678. The number of anilines is 2. The third kappa shape index (κ3) is 4.51. The molecule has 3 nitrogen and oxygen atoms in total. The van der Waals surface area contributed by atoms with Gasteiger partial charge in [0.15, 0.2) is 0 Å². The molecule has 3 heteroatoms. The maximum Gasteiger partial charge on any atom is 0.258 e. The van der Waals surface area contributed by atoms with Crippen LogP contribution in [0.5, 0.6) is 0 Å². The van der Waals surface area contributed by atoms with Gasteiger partial charge in [0.1, 0.15) is 0 Å². The van der Waals surface area contributed by atoms with Gasteiger partial charge < -0.3 is 10.2 Å². The highest BCUT2D eigenvalue weighted by atomic mass is 16.2. The van der Waals surface area contributed by atoms with Crippen molar-refractivity contribution in [1.29, 1.82) is 0 Å². The Hall–Kier alpha value is -3.07. The number of hydrogen-bond acceptors (Lipinski definition) is 2. The summed E-state index contributed by atoms with van der Waals surface area (Å²) in [5, 5.41) is 3.41. The van der Waals surface area contributed by atoms with Gasteiger partial charge in [-0.05, 0) is 61.4 Å². The topological polar surface area (TPSA) is 32.3 Å². The van der Waals surface area contributed by atoms with Crippen molar-refractivity contribution in [2.75, 3.05) is 23.3 Å². The third-order valence-corrected chi connectivity index (χ3v) is 4.26. The van der Waals surface area contributed by atoms with Crippen LogP contribution in [-0.2, 0) is 0 Å². The summed E-state index contributed by atoms with van der Waals surface area (Å²) >= 11 is 0. The van der Waals surface area contributed by atoms with E-state index < -0.39 is 0 Å². The number of aryl methyl sites for hydroxylation is 2. The molecule has 3 rings (SSSR count). The van der Waals surface area contributed by atoms with Crippen LogP contribution < -0.4 is 10.2 Å². The Kier molecular flexibility index (Phi) is 5.69. The molecule has 0 fully saturated rings. The van der Waals surface area contributed by atoms with E-state index in [0.29, 0.717) is 18.7 Å². The molecule has 0 saturated heterocycles. The normalized spacial score (nSPS) is 10.4. The molecule has 0 saturated carbocycles. The first kappa shape index (κ1) is 17.7. The van der Waals surface area contributed by atoms with Gasteiger partial charge >= 0.3 is 0 Å².